The molecule has 1 N–H and O–H groups in total. The summed E-state index contributed by atoms with van der Waals surface area (Å²) in [6.07, 6.45) is 3.91. The lowest BCUT2D eigenvalue weighted by Crippen LogP contribution is -2.29. The van der Waals surface area contributed by atoms with Gasteiger partial charge in [-0.3, -0.25) is 9.69 Å². The van der Waals surface area contributed by atoms with Gasteiger partial charge in [0.2, 0.25) is 0 Å². The average Bonchev–Trinajstić information content (AvgIpc) is 2.59. The summed E-state index contributed by atoms with van der Waals surface area (Å²) >= 11 is 0. The molecule has 0 aliphatic carbocycles. The third-order valence-electron chi connectivity index (χ3n) is 4.76. The molecule has 2 aromatic carbocycles. The number of likely N-dealkylation sites (tertiary alicyclic amines) is 1. The first-order valence-electron chi connectivity index (χ1n) is 8.82. The third kappa shape index (κ3) is 4.04. The molecule has 24 heavy (non-hydrogen) atoms. The third-order valence-corrected chi connectivity index (χ3v) is 4.76. The number of hydrogen-bond donors (Lipinski definition) is 1. The van der Waals surface area contributed by atoms with Gasteiger partial charge < -0.3 is 5.32 Å². The first-order chi connectivity index (χ1) is 11.6. The molecule has 2 aromatic rings. The number of amides is 1. The van der Waals surface area contributed by atoms with Crippen LogP contribution in [-0.4, -0.2) is 23.9 Å². The second kappa shape index (κ2) is 7.63. The number of piperidine rings is 1. The van der Waals surface area contributed by atoms with Gasteiger partial charge in [0.15, 0.2) is 0 Å². The first-order valence-corrected chi connectivity index (χ1v) is 8.82. The molecule has 0 bridgehead atoms. The highest BCUT2D eigenvalue weighted by atomic mass is 16.1. The van der Waals surface area contributed by atoms with Gasteiger partial charge in [-0.2, -0.15) is 0 Å². The molecule has 0 radical (unpaired) electrons. The van der Waals surface area contributed by atoms with E-state index in [0.29, 0.717) is 0 Å². The van der Waals surface area contributed by atoms with Crippen molar-refractivity contribution in [1.29, 1.82) is 0 Å². The molecule has 1 saturated heterocycles. The summed E-state index contributed by atoms with van der Waals surface area (Å²) in [5.41, 5.74) is 5.04. The van der Waals surface area contributed by atoms with Crippen molar-refractivity contribution >= 4 is 11.6 Å². The Bertz CT molecular complexity index is 697. The molecule has 3 rings (SSSR count). The van der Waals surface area contributed by atoms with Crippen LogP contribution < -0.4 is 5.32 Å². The van der Waals surface area contributed by atoms with Gasteiger partial charge in [0.1, 0.15) is 0 Å². The zero-order chi connectivity index (χ0) is 16.9. The van der Waals surface area contributed by atoms with Gasteiger partial charge in [0, 0.05) is 17.8 Å². The first kappa shape index (κ1) is 16.7. The predicted molar refractivity (Wildman–Crippen MR) is 99.4 cm³/mol. The predicted octanol–water partition coefficient (Wildman–Crippen LogP) is 4.54. The summed E-state index contributed by atoms with van der Waals surface area (Å²) in [6, 6.07) is 14.1. The van der Waals surface area contributed by atoms with Crippen molar-refractivity contribution in [3.8, 4) is 0 Å². The van der Waals surface area contributed by atoms with Crippen LogP contribution in [0.1, 0.15) is 46.3 Å². The van der Waals surface area contributed by atoms with Crippen molar-refractivity contribution in [2.75, 3.05) is 18.4 Å². The molecule has 3 nitrogen and oxygen atoms in total. The van der Waals surface area contributed by atoms with Gasteiger partial charge in [-0.1, -0.05) is 36.8 Å². The van der Waals surface area contributed by atoms with Crippen molar-refractivity contribution in [2.24, 2.45) is 0 Å². The normalized spacial score (nSPS) is 15.2. The van der Waals surface area contributed by atoms with Crippen LogP contribution in [0.3, 0.4) is 0 Å². The van der Waals surface area contributed by atoms with E-state index >= 15 is 0 Å². The van der Waals surface area contributed by atoms with E-state index in [0.717, 1.165) is 28.9 Å². The number of aryl methyl sites for hydroxylation is 2. The molecule has 1 fully saturated rings. The molecular weight excluding hydrogens is 296 g/mol. The molecule has 0 atom stereocenters. The Morgan fingerprint density at radius 2 is 1.67 bits per heavy atom. The number of anilines is 1. The Morgan fingerprint density at radius 3 is 2.38 bits per heavy atom. The van der Waals surface area contributed by atoms with E-state index in [1.54, 1.807) is 0 Å². The number of benzene rings is 2. The van der Waals surface area contributed by atoms with Crippen molar-refractivity contribution in [2.45, 2.75) is 39.7 Å². The SMILES string of the molecule is Cc1cccc(C)c1NC(=O)c1cccc(CN2CCCCC2)c1. The van der Waals surface area contributed by atoms with Gasteiger partial charge in [-0.15, -0.1) is 0 Å². The number of nitrogens with one attached hydrogen (secondary N) is 1. The van der Waals surface area contributed by atoms with Gasteiger partial charge >= 0.3 is 0 Å². The van der Waals surface area contributed by atoms with E-state index in [1.807, 2.05) is 50.2 Å². The molecule has 1 aliphatic rings. The summed E-state index contributed by atoms with van der Waals surface area (Å²) in [6.45, 7) is 7.31. The Hall–Kier alpha value is -2.13. The van der Waals surface area contributed by atoms with Crippen LogP contribution in [0.4, 0.5) is 5.69 Å². The van der Waals surface area contributed by atoms with Crippen molar-refractivity contribution in [3.63, 3.8) is 0 Å². The fraction of sp³-hybridized carbons (Fsp3) is 0.381. The fourth-order valence-corrected chi connectivity index (χ4v) is 3.38. The molecule has 1 aliphatic heterocycles. The Labute approximate surface area is 144 Å². The van der Waals surface area contributed by atoms with Crippen molar-refractivity contribution in [3.05, 3.63) is 64.7 Å². The maximum atomic E-state index is 12.6. The minimum Gasteiger partial charge on any atom is -0.322 e. The lowest BCUT2D eigenvalue weighted by Gasteiger charge is -2.26. The number of rotatable bonds is 4. The monoisotopic (exact) mass is 322 g/mol. The lowest BCUT2D eigenvalue weighted by molar-refractivity contribution is 0.102. The van der Waals surface area contributed by atoms with E-state index in [-0.39, 0.29) is 5.91 Å². The van der Waals surface area contributed by atoms with Crippen molar-refractivity contribution < 1.29 is 4.79 Å². The molecule has 0 unspecified atom stereocenters. The quantitative estimate of drug-likeness (QED) is 0.896. The van der Waals surface area contributed by atoms with Gasteiger partial charge in [0.05, 0.1) is 0 Å². The number of hydrogen-bond acceptors (Lipinski definition) is 2. The highest BCUT2D eigenvalue weighted by molar-refractivity contribution is 6.05. The highest BCUT2D eigenvalue weighted by Crippen LogP contribution is 2.21. The summed E-state index contributed by atoms with van der Waals surface area (Å²) in [7, 11) is 0. The van der Waals surface area contributed by atoms with E-state index in [9.17, 15) is 4.79 Å². The minimum atomic E-state index is -0.0344. The van der Waals surface area contributed by atoms with Gasteiger partial charge in [-0.25, -0.2) is 0 Å². The zero-order valence-corrected chi connectivity index (χ0v) is 14.6. The Morgan fingerprint density at radius 1 is 1.00 bits per heavy atom. The van der Waals surface area contributed by atoms with Gasteiger partial charge in [-0.05, 0) is 68.6 Å². The number of carbonyl (C=O) groups is 1. The summed E-state index contributed by atoms with van der Waals surface area (Å²) in [4.78, 5) is 15.1. The lowest BCUT2D eigenvalue weighted by atomic mass is 10.1. The van der Waals surface area contributed by atoms with E-state index in [2.05, 4.69) is 16.3 Å². The standard InChI is InChI=1S/C21H26N2O/c1-16-8-6-9-17(2)20(16)22-21(24)19-11-7-10-18(14-19)15-23-12-4-3-5-13-23/h6-11,14H,3-5,12-13,15H2,1-2H3,(H,22,24). The largest absolute Gasteiger partial charge is 0.322 e. The second-order valence-electron chi connectivity index (χ2n) is 6.76. The Kier molecular flexibility index (Phi) is 5.31. The fourth-order valence-electron chi connectivity index (χ4n) is 3.38. The second-order valence-corrected chi connectivity index (χ2v) is 6.76. The van der Waals surface area contributed by atoms with Crippen LogP contribution in [0.25, 0.3) is 0 Å². The number of carbonyl (C=O) groups excluding carboxylic acids is 1. The van der Waals surface area contributed by atoms with Crippen LogP contribution in [-0.2, 0) is 6.54 Å². The highest BCUT2D eigenvalue weighted by Gasteiger charge is 2.13. The number of para-hydroxylation sites is 1. The molecule has 0 saturated carbocycles. The average molecular weight is 322 g/mol. The molecule has 3 heteroatoms. The molecule has 1 amide bonds. The summed E-state index contributed by atoms with van der Waals surface area (Å²) in [5, 5.41) is 3.07. The van der Waals surface area contributed by atoms with E-state index < -0.39 is 0 Å². The van der Waals surface area contributed by atoms with Gasteiger partial charge in [0.25, 0.3) is 5.91 Å². The minimum absolute atomic E-state index is 0.0344. The van der Waals surface area contributed by atoms with Crippen LogP contribution in [0.15, 0.2) is 42.5 Å². The van der Waals surface area contributed by atoms with Crippen LogP contribution in [0, 0.1) is 13.8 Å². The molecule has 1 heterocycles. The smallest absolute Gasteiger partial charge is 0.255 e. The zero-order valence-electron chi connectivity index (χ0n) is 14.6. The van der Waals surface area contributed by atoms with E-state index in [1.165, 1.54) is 37.9 Å². The molecule has 0 spiro atoms. The summed E-state index contributed by atoms with van der Waals surface area (Å²) < 4.78 is 0. The van der Waals surface area contributed by atoms with Crippen molar-refractivity contribution in [1.82, 2.24) is 4.90 Å². The maximum absolute atomic E-state index is 12.6. The maximum Gasteiger partial charge on any atom is 0.255 e. The van der Waals surface area contributed by atoms with Crippen LogP contribution in [0.5, 0.6) is 0 Å². The summed E-state index contributed by atoms with van der Waals surface area (Å²) in [5.74, 6) is -0.0344. The van der Waals surface area contributed by atoms with E-state index in [4.69, 9.17) is 0 Å². The van der Waals surface area contributed by atoms with Crippen LogP contribution >= 0.6 is 0 Å². The topological polar surface area (TPSA) is 32.3 Å². The van der Waals surface area contributed by atoms with Crippen LogP contribution in [0.2, 0.25) is 0 Å². The molecule has 0 aromatic heterocycles. The molecule has 126 valence electrons. The Balaban J connectivity index is 1.72. The number of nitrogens with zero attached hydrogens (tertiary/aromatic N) is 1. The molecular formula is C21H26N2O.